The summed E-state index contributed by atoms with van der Waals surface area (Å²) in [5.74, 6) is -4.46. The van der Waals surface area contributed by atoms with E-state index in [1.165, 1.54) is 12.1 Å². The molecule has 1 aromatic carbocycles. The molecule has 0 aliphatic carbocycles. The predicted molar refractivity (Wildman–Crippen MR) is 64.2 cm³/mol. The summed E-state index contributed by atoms with van der Waals surface area (Å²) in [6.07, 6.45) is -0.848. The van der Waals surface area contributed by atoms with Crippen molar-refractivity contribution in [3.63, 3.8) is 0 Å². The molecule has 0 fully saturated rings. The predicted octanol–water partition coefficient (Wildman–Crippen LogP) is 0.946. The van der Waals surface area contributed by atoms with Crippen molar-refractivity contribution >= 4 is 17.8 Å². The Balaban J connectivity index is 2.92. The summed E-state index contributed by atoms with van der Waals surface area (Å²) in [5, 5.41) is 19.3. The first-order chi connectivity index (χ1) is 9.81. The number of hydrogen-bond donors (Lipinski definition) is 3. The maximum Gasteiger partial charge on any atom is 0.387 e. The van der Waals surface area contributed by atoms with Crippen molar-refractivity contribution in [2.24, 2.45) is 0 Å². The quantitative estimate of drug-likeness (QED) is 0.691. The maximum atomic E-state index is 12.2. The number of carboxylic acid groups (broad SMARTS) is 2. The molecule has 0 radical (unpaired) electrons. The van der Waals surface area contributed by atoms with Gasteiger partial charge in [-0.15, -0.1) is 0 Å². The van der Waals surface area contributed by atoms with Gasteiger partial charge in [0.1, 0.15) is 11.8 Å². The van der Waals surface area contributed by atoms with Crippen LogP contribution in [-0.4, -0.2) is 40.7 Å². The Bertz CT molecular complexity index is 548. The van der Waals surface area contributed by atoms with E-state index in [9.17, 15) is 23.2 Å². The van der Waals surface area contributed by atoms with E-state index in [1.807, 2.05) is 5.32 Å². The Morgan fingerprint density at radius 1 is 1.19 bits per heavy atom. The van der Waals surface area contributed by atoms with E-state index >= 15 is 0 Å². The lowest BCUT2D eigenvalue weighted by Crippen LogP contribution is -2.42. The van der Waals surface area contributed by atoms with Crippen LogP contribution in [0.4, 0.5) is 8.78 Å². The molecule has 0 saturated carbocycles. The van der Waals surface area contributed by atoms with Gasteiger partial charge in [-0.25, -0.2) is 4.79 Å². The number of aliphatic carboxylic acids is 2. The van der Waals surface area contributed by atoms with E-state index < -0.39 is 42.7 Å². The molecule has 3 N–H and O–H groups in total. The van der Waals surface area contributed by atoms with E-state index in [1.54, 1.807) is 0 Å². The Labute approximate surface area is 117 Å². The van der Waals surface area contributed by atoms with Gasteiger partial charge in [-0.3, -0.25) is 9.59 Å². The molecular weight excluding hydrogens is 292 g/mol. The molecule has 0 aliphatic rings. The molecule has 1 atom stereocenters. The third-order valence-corrected chi connectivity index (χ3v) is 2.33. The standard InChI is InChI=1S/C12H11F2NO6/c13-12(14)21-8-4-2-1-3-6(8)10(18)15-7(11(19)20)5-9(16)17/h1-4,7,12H,5H2,(H,15,18)(H,16,17)(H,19,20)/t7-/m1/s1. The van der Waals surface area contributed by atoms with E-state index in [0.29, 0.717) is 0 Å². The summed E-state index contributed by atoms with van der Waals surface area (Å²) in [4.78, 5) is 33.2. The number of rotatable bonds is 7. The monoisotopic (exact) mass is 303 g/mol. The zero-order chi connectivity index (χ0) is 16.0. The Kier molecular flexibility index (Phi) is 5.58. The van der Waals surface area contributed by atoms with Crippen molar-refractivity contribution in [1.82, 2.24) is 5.32 Å². The maximum absolute atomic E-state index is 12.2. The summed E-state index contributed by atoms with van der Waals surface area (Å²) < 4.78 is 28.5. The molecule has 0 heterocycles. The smallest absolute Gasteiger partial charge is 0.387 e. The summed E-state index contributed by atoms with van der Waals surface area (Å²) in [6, 6.07) is 3.27. The average Bonchev–Trinajstić information content (AvgIpc) is 2.37. The largest absolute Gasteiger partial charge is 0.481 e. The molecule has 0 aromatic heterocycles. The second-order valence-electron chi connectivity index (χ2n) is 3.84. The number of para-hydroxylation sites is 1. The van der Waals surface area contributed by atoms with Gasteiger partial charge in [0.2, 0.25) is 0 Å². The third kappa shape index (κ3) is 5.05. The molecule has 1 amide bonds. The highest BCUT2D eigenvalue weighted by molar-refractivity contribution is 5.99. The number of amides is 1. The second kappa shape index (κ2) is 7.17. The topological polar surface area (TPSA) is 113 Å². The van der Waals surface area contributed by atoms with Crippen molar-refractivity contribution in [1.29, 1.82) is 0 Å². The lowest BCUT2D eigenvalue weighted by molar-refractivity contribution is -0.145. The summed E-state index contributed by atoms with van der Waals surface area (Å²) in [5.41, 5.74) is -0.325. The Hall–Kier alpha value is -2.71. The number of carbonyl (C=O) groups excluding carboxylic acids is 1. The number of ether oxygens (including phenoxy) is 1. The minimum atomic E-state index is -3.16. The van der Waals surface area contributed by atoms with Crippen molar-refractivity contribution in [2.75, 3.05) is 0 Å². The lowest BCUT2D eigenvalue weighted by Gasteiger charge is -2.14. The van der Waals surface area contributed by atoms with E-state index in [4.69, 9.17) is 10.2 Å². The first-order valence-corrected chi connectivity index (χ1v) is 5.60. The molecule has 9 heteroatoms. The third-order valence-electron chi connectivity index (χ3n) is 2.33. The molecule has 114 valence electrons. The second-order valence-corrected chi connectivity index (χ2v) is 3.84. The van der Waals surface area contributed by atoms with E-state index in [2.05, 4.69) is 4.74 Å². The Morgan fingerprint density at radius 3 is 2.33 bits per heavy atom. The first kappa shape index (κ1) is 16.3. The number of benzene rings is 1. The van der Waals surface area contributed by atoms with E-state index in [0.717, 1.165) is 12.1 Å². The van der Waals surface area contributed by atoms with Crippen molar-refractivity contribution in [2.45, 2.75) is 19.1 Å². The van der Waals surface area contributed by atoms with Crippen LogP contribution in [0.15, 0.2) is 24.3 Å². The van der Waals surface area contributed by atoms with Crippen LogP contribution in [0.5, 0.6) is 5.75 Å². The molecule has 1 aromatic rings. The number of hydrogen-bond acceptors (Lipinski definition) is 4. The zero-order valence-electron chi connectivity index (χ0n) is 10.5. The van der Waals surface area contributed by atoms with Crippen LogP contribution in [-0.2, 0) is 9.59 Å². The fourth-order valence-corrected chi connectivity index (χ4v) is 1.46. The number of carbonyl (C=O) groups is 3. The van der Waals surface area contributed by atoms with Crippen LogP contribution in [0, 0.1) is 0 Å². The van der Waals surface area contributed by atoms with Gasteiger partial charge in [-0.2, -0.15) is 8.78 Å². The zero-order valence-corrected chi connectivity index (χ0v) is 10.5. The first-order valence-electron chi connectivity index (χ1n) is 5.60. The fourth-order valence-electron chi connectivity index (χ4n) is 1.46. The molecule has 1 rings (SSSR count). The van der Waals surface area contributed by atoms with Gasteiger partial charge in [0.15, 0.2) is 0 Å². The summed E-state index contributed by atoms with van der Waals surface area (Å²) in [7, 11) is 0. The van der Waals surface area contributed by atoms with Crippen molar-refractivity contribution in [3.8, 4) is 5.75 Å². The van der Waals surface area contributed by atoms with Crippen molar-refractivity contribution < 1.29 is 38.1 Å². The summed E-state index contributed by atoms with van der Waals surface area (Å²) in [6.45, 7) is -3.16. The lowest BCUT2D eigenvalue weighted by atomic mass is 10.1. The highest BCUT2D eigenvalue weighted by atomic mass is 19.3. The number of halogens is 2. The fraction of sp³-hybridized carbons (Fsp3) is 0.250. The van der Waals surface area contributed by atoms with Gasteiger partial charge in [0.05, 0.1) is 12.0 Å². The van der Waals surface area contributed by atoms with Gasteiger partial charge in [0, 0.05) is 0 Å². The molecule has 0 spiro atoms. The van der Waals surface area contributed by atoms with Crippen molar-refractivity contribution in [3.05, 3.63) is 29.8 Å². The van der Waals surface area contributed by atoms with Gasteiger partial charge in [-0.05, 0) is 12.1 Å². The molecule has 0 unspecified atom stereocenters. The summed E-state index contributed by atoms with van der Waals surface area (Å²) >= 11 is 0. The SMILES string of the molecule is O=C(O)C[C@@H](NC(=O)c1ccccc1OC(F)F)C(=O)O. The number of alkyl halides is 2. The minimum Gasteiger partial charge on any atom is -0.481 e. The molecule has 21 heavy (non-hydrogen) atoms. The minimum absolute atomic E-state index is 0.325. The Morgan fingerprint density at radius 2 is 1.81 bits per heavy atom. The van der Waals surface area contributed by atoms with Crippen LogP contribution in [0.25, 0.3) is 0 Å². The molecular formula is C12H11F2NO6. The average molecular weight is 303 g/mol. The molecule has 0 saturated heterocycles. The van der Waals surface area contributed by atoms with Crippen LogP contribution < -0.4 is 10.1 Å². The van der Waals surface area contributed by atoms with Crippen LogP contribution in [0.1, 0.15) is 16.8 Å². The van der Waals surface area contributed by atoms with Gasteiger partial charge in [-0.1, -0.05) is 12.1 Å². The normalized spacial score (nSPS) is 11.8. The van der Waals surface area contributed by atoms with Gasteiger partial charge >= 0.3 is 18.6 Å². The number of nitrogens with one attached hydrogen (secondary N) is 1. The molecule has 0 bridgehead atoms. The van der Waals surface area contributed by atoms with Crippen LogP contribution in [0.3, 0.4) is 0 Å². The van der Waals surface area contributed by atoms with Gasteiger partial charge < -0.3 is 20.3 Å². The van der Waals surface area contributed by atoms with Crippen LogP contribution >= 0.6 is 0 Å². The van der Waals surface area contributed by atoms with Crippen LogP contribution in [0.2, 0.25) is 0 Å². The van der Waals surface area contributed by atoms with E-state index in [-0.39, 0.29) is 5.56 Å². The number of carboxylic acids is 2. The molecule has 0 aliphatic heterocycles. The van der Waals surface area contributed by atoms with Gasteiger partial charge in [0.25, 0.3) is 5.91 Å². The highest BCUT2D eigenvalue weighted by Gasteiger charge is 2.25. The highest BCUT2D eigenvalue weighted by Crippen LogP contribution is 2.20. The molecule has 7 nitrogen and oxygen atoms in total.